The molecule has 1 aromatic heterocycles. The number of halogens is 3. The molecule has 0 aliphatic rings. The van der Waals surface area contributed by atoms with E-state index in [2.05, 4.69) is 10.1 Å². The van der Waals surface area contributed by atoms with E-state index in [1.165, 1.54) is 24.4 Å². The van der Waals surface area contributed by atoms with Gasteiger partial charge in [0.15, 0.2) is 24.1 Å². The third-order valence-corrected chi connectivity index (χ3v) is 3.32. The van der Waals surface area contributed by atoms with Crippen LogP contribution in [0.3, 0.4) is 0 Å². The van der Waals surface area contributed by atoms with E-state index in [4.69, 9.17) is 0 Å². The van der Waals surface area contributed by atoms with Gasteiger partial charge in [0, 0.05) is 12.3 Å². The number of benzene rings is 1. The highest BCUT2D eigenvalue weighted by Crippen LogP contribution is 2.19. The zero-order valence-electron chi connectivity index (χ0n) is 14.2. The number of anilines is 1. The van der Waals surface area contributed by atoms with Gasteiger partial charge >= 0.3 is 5.97 Å². The molecule has 0 saturated carbocycles. The monoisotopic (exact) mass is 397 g/mol. The van der Waals surface area contributed by atoms with E-state index in [0.717, 1.165) is 10.6 Å². The Morgan fingerprint density at radius 3 is 2.46 bits per heavy atom. The van der Waals surface area contributed by atoms with Gasteiger partial charge in [-0.3, -0.25) is 19.2 Å². The molecule has 2 amide bonds. The molecule has 8 nitrogen and oxygen atoms in total. The minimum atomic E-state index is -1.74. The number of hydrogen-bond acceptors (Lipinski definition) is 5. The van der Waals surface area contributed by atoms with Gasteiger partial charge in [0.25, 0.3) is 11.5 Å². The lowest BCUT2D eigenvalue weighted by atomic mass is 10.2. The van der Waals surface area contributed by atoms with Gasteiger partial charge in [-0.15, -0.1) is 0 Å². The molecule has 0 radical (unpaired) electrons. The van der Waals surface area contributed by atoms with Gasteiger partial charge in [-0.2, -0.15) is 0 Å². The average Bonchev–Trinajstić information content (AvgIpc) is 2.67. The van der Waals surface area contributed by atoms with Gasteiger partial charge in [0.05, 0.1) is 12.2 Å². The predicted molar refractivity (Wildman–Crippen MR) is 89.6 cm³/mol. The first-order chi connectivity index (χ1) is 13.3. The van der Waals surface area contributed by atoms with Gasteiger partial charge < -0.3 is 19.9 Å². The second-order valence-corrected chi connectivity index (χ2v) is 5.38. The lowest BCUT2D eigenvalue weighted by molar-refractivity contribution is -0.149. The van der Waals surface area contributed by atoms with E-state index in [1.54, 1.807) is 0 Å². The quantitative estimate of drug-likeness (QED) is 0.525. The molecule has 2 rings (SSSR count). The van der Waals surface area contributed by atoms with E-state index in [-0.39, 0.29) is 0 Å². The highest BCUT2D eigenvalue weighted by molar-refractivity contribution is 5.94. The first-order valence-electron chi connectivity index (χ1n) is 7.79. The largest absolute Gasteiger partial charge is 0.454 e. The first kappa shape index (κ1) is 20.7. The van der Waals surface area contributed by atoms with Crippen LogP contribution in [0, 0.1) is 17.5 Å². The number of nitrogens with zero attached hydrogens (tertiary/aromatic N) is 1. The molecule has 2 aromatic rings. The summed E-state index contributed by atoms with van der Waals surface area (Å²) in [6.45, 7) is -1.75. The standard InChI is InChI=1S/C17H14F3N3O5/c18-10-4-5-11(17(20)16(10)19)22-12(24)7-21-13(25)9-28-15(27)8-23-6-2-1-3-14(23)26/h1-6H,7-9H2,(H,21,25)(H,22,24). The zero-order valence-corrected chi connectivity index (χ0v) is 14.2. The molecule has 0 fully saturated rings. The van der Waals surface area contributed by atoms with Gasteiger partial charge in [0.2, 0.25) is 5.91 Å². The lowest BCUT2D eigenvalue weighted by Gasteiger charge is -2.09. The number of ether oxygens (including phenoxy) is 1. The van der Waals surface area contributed by atoms with Crippen molar-refractivity contribution in [2.75, 3.05) is 18.5 Å². The van der Waals surface area contributed by atoms with Crippen molar-refractivity contribution in [3.05, 3.63) is 64.3 Å². The molecule has 28 heavy (non-hydrogen) atoms. The molecule has 0 aliphatic carbocycles. The number of hydrogen-bond donors (Lipinski definition) is 2. The summed E-state index contributed by atoms with van der Waals surface area (Å²) < 4.78 is 45.1. The van der Waals surface area contributed by atoms with Crippen LogP contribution < -0.4 is 16.2 Å². The van der Waals surface area contributed by atoms with Crippen molar-refractivity contribution in [1.82, 2.24) is 9.88 Å². The maximum Gasteiger partial charge on any atom is 0.326 e. The summed E-state index contributed by atoms with van der Waals surface area (Å²) in [5, 5.41) is 4.05. The molecule has 0 aliphatic heterocycles. The minimum absolute atomic E-state index is 0.400. The number of amides is 2. The fourth-order valence-corrected chi connectivity index (χ4v) is 1.97. The highest BCUT2D eigenvalue weighted by atomic mass is 19.2. The Morgan fingerprint density at radius 2 is 1.75 bits per heavy atom. The van der Waals surface area contributed by atoms with Crippen LogP contribution in [0.5, 0.6) is 0 Å². The van der Waals surface area contributed by atoms with Gasteiger partial charge in [0.1, 0.15) is 6.54 Å². The van der Waals surface area contributed by atoms with Crippen LogP contribution in [0.4, 0.5) is 18.9 Å². The Hall–Kier alpha value is -3.63. The summed E-state index contributed by atoms with van der Waals surface area (Å²) in [6, 6.07) is 5.73. The fourth-order valence-electron chi connectivity index (χ4n) is 1.97. The summed E-state index contributed by atoms with van der Waals surface area (Å²) in [7, 11) is 0. The molecule has 1 aromatic carbocycles. The molecule has 0 spiro atoms. The smallest absolute Gasteiger partial charge is 0.326 e. The highest BCUT2D eigenvalue weighted by Gasteiger charge is 2.16. The number of rotatable bonds is 7. The number of aromatic nitrogens is 1. The summed E-state index contributed by atoms with van der Waals surface area (Å²) >= 11 is 0. The lowest BCUT2D eigenvalue weighted by Crippen LogP contribution is -2.36. The zero-order chi connectivity index (χ0) is 20.7. The second kappa shape index (κ2) is 9.35. The fraction of sp³-hybridized carbons (Fsp3) is 0.176. The van der Waals surface area contributed by atoms with Crippen molar-refractivity contribution < 1.29 is 32.3 Å². The van der Waals surface area contributed by atoms with Crippen molar-refractivity contribution >= 4 is 23.5 Å². The Labute approximate surface area is 155 Å². The van der Waals surface area contributed by atoms with Crippen LogP contribution >= 0.6 is 0 Å². The van der Waals surface area contributed by atoms with E-state index < -0.39 is 66.2 Å². The number of carbonyl (C=O) groups excluding carboxylic acids is 3. The van der Waals surface area contributed by atoms with Crippen molar-refractivity contribution in [1.29, 1.82) is 0 Å². The molecule has 0 bridgehead atoms. The first-order valence-corrected chi connectivity index (χ1v) is 7.79. The van der Waals surface area contributed by atoms with Crippen molar-refractivity contribution in [2.45, 2.75) is 6.54 Å². The average molecular weight is 397 g/mol. The molecule has 0 unspecified atom stereocenters. The van der Waals surface area contributed by atoms with Crippen LogP contribution in [0.25, 0.3) is 0 Å². The van der Waals surface area contributed by atoms with Crippen LogP contribution in [-0.4, -0.2) is 35.5 Å². The molecule has 148 valence electrons. The predicted octanol–water partition coefficient (Wildman–Crippen LogP) is 0.564. The summed E-state index contributed by atoms with van der Waals surface area (Å²) in [5.74, 6) is -7.34. The maximum atomic E-state index is 13.4. The van der Waals surface area contributed by atoms with E-state index in [1.807, 2.05) is 5.32 Å². The normalized spacial score (nSPS) is 10.2. The van der Waals surface area contributed by atoms with E-state index in [0.29, 0.717) is 6.07 Å². The Balaban J connectivity index is 1.75. The van der Waals surface area contributed by atoms with Crippen molar-refractivity contribution in [3.63, 3.8) is 0 Å². The van der Waals surface area contributed by atoms with Gasteiger partial charge in [-0.25, -0.2) is 13.2 Å². The number of nitrogens with one attached hydrogen (secondary N) is 2. The Kier molecular flexibility index (Phi) is 6.90. The summed E-state index contributed by atoms with van der Waals surface area (Å²) in [5.41, 5.74) is -1.03. The van der Waals surface area contributed by atoms with Crippen molar-refractivity contribution in [3.8, 4) is 0 Å². The molecular formula is C17H14F3N3O5. The van der Waals surface area contributed by atoms with Gasteiger partial charge in [-0.05, 0) is 18.2 Å². The van der Waals surface area contributed by atoms with Crippen LogP contribution in [0.1, 0.15) is 0 Å². The summed E-state index contributed by atoms with van der Waals surface area (Å²) in [4.78, 5) is 46.2. The van der Waals surface area contributed by atoms with Crippen LogP contribution in [0.2, 0.25) is 0 Å². The second-order valence-electron chi connectivity index (χ2n) is 5.38. The Bertz CT molecular complexity index is 961. The topological polar surface area (TPSA) is 106 Å². The maximum absolute atomic E-state index is 13.4. The minimum Gasteiger partial charge on any atom is -0.454 e. The number of carbonyl (C=O) groups is 3. The molecular weight excluding hydrogens is 383 g/mol. The number of esters is 1. The molecule has 1 heterocycles. The molecule has 11 heteroatoms. The third kappa shape index (κ3) is 5.69. The third-order valence-electron chi connectivity index (χ3n) is 3.32. The van der Waals surface area contributed by atoms with E-state index in [9.17, 15) is 32.3 Å². The Morgan fingerprint density at radius 1 is 1.00 bits per heavy atom. The number of pyridine rings is 1. The SMILES string of the molecule is O=C(COC(=O)Cn1ccccc1=O)NCC(=O)Nc1ccc(F)c(F)c1F. The van der Waals surface area contributed by atoms with E-state index >= 15 is 0 Å². The molecule has 0 saturated heterocycles. The summed E-state index contributed by atoms with van der Waals surface area (Å²) in [6.07, 6.45) is 1.37. The molecule has 0 atom stereocenters. The van der Waals surface area contributed by atoms with Crippen LogP contribution in [0.15, 0.2) is 41.3 Å². The van der Waals surface area contributed by atoms with Crippen molar-refractivity contribution in [2.24, 2.45) is 0 Å². The van der Waals surface area contributed by atoms with Gasteiger partial charge in [-0.1, -0.05) is 6.07 Å². The van der Waals surface area contributed by atoms with Crippen LogP contribution in [-0.2, 0) is 25.7 Å². The molecule has 2 N–H and O–H groups in total.